The first-order valence-corrected chi connectivity index (χ1v) is 7.20. The van der Waals surface area contributed by atoms with E-state index in [4.69, 9.17) is 0 Å². The van der Waals surface area contributed by atoms with Gasteiger partial charge in [0.1, 0.15) is 0 Å². The Morgan fingerprint density at radius 2 is 2.24 bits per heavy atom. The van der Waals surface area contributed by atoms with Crippen molar-refractivity contribution < 1.29 is 0 Å². The van der Waals surface area contributed by atoms with E-state index in [1.807, 2.05) is 0 Å². The number of anilines is 1. The molecule has 1 aliphatic carbocycles. The van der Waals surface area contributed by atoms with Crippen molar-refractivity contribution in [1.29, 1.82) is 0 Å². The first kappa shape index (κ1) is 11.5. The van der Waals surface area contributed by atoms with Crippen molar-refractivity contribution >= 4 is 21.6 Å². The third kappa shape index (κ3) is 2.50. The van der Waals surface area contributed by atoms with Crippen LogP contribution < -0.4 is 10.2 Å². The Hall–Kier alpha value is -0.540. The minimum absolute atomic E-state index is 0.563. The van der Waals surface area contributed by atoms with E-state index in [0.717, 1.165) is 6.54 Å². The molecular weight excluding hydrogens is 276 g/mol. The molecule has 1 N–H and O–H groups in total. The molecule has 1 unspecified atom stereocenters. The zero-order valence-electron chi connectivity index (χ0n) is 10.2. The Morgan fingerprint density at radius 3 is 2.94 bits per heavy atom. The summed E-state index contributed by atoms with van der Waals surface area (Å²) in [5.41, 5.74) is 1.91. The molecule has 0 radical (unpaired) electrons. The van der Waals surface area contributed by atoms with E-state index in [9.17, 15) is 0 Å². The quantitative estimate of drug-likeness (QED) is 0.856. The second kappa shape index (κ2) is 4.29. The molecular formula is C14H19BrN2. The molecule has 0 aromatic heterocycles. The fourth-order valence-corrected chi connectivity index (χ4v) is 3.08. The minimum Gasteiger partial charge on any atom is -0.369 e. The monoisotopic (exact) mass is 294 g/mol. The summed E-state index contributed by atoms with van der Waals surface area (Å²) in [5, 5.41) is 3.66. The number of nitrogens with zero attached hydrogens (tertiary/aromatic N) is 1. The van der Waals surface area contributed by atoms with Gasteiger partial charge >= 0.3 is 0 Å². The molecule has 2 aliphatic rings. The van der Waals surface area contributed by atoms with E-state index in [-0.39, 0.29) is 0 Å². The number of halogens is 1. The van der Waals surface area contributed by atoms with Crippen molar-refractivity contribution in [3.63, 3.8) is 0 Å². The summed E-state index contributed by atoms with van der Waals surface area (Å²) >= 11 is 3.57. The van der Waals surface area contributed by atoms with Gasteiger partial charge in [-0.15, -0.1) is 0 Å². The lowest BCUT2D eigenvalue weighted by molar-refractivity contribution is 0.479. The van der Waals surface area contributed by atoms with E-state index in [1.54, 1.807) is 0 Å². The van der Waals surface area contributed by atoms with Crippen molar-refractivity contribution in [2.75, 3.05) is 24.5 Å². The van der Waals surface area contributed by atoms with Crippen molar-refractivity contribution in [2.24, 2.45) is 5.41 Å². The second-order valence-corrected chi connectivity index (χ2v) is 6.56. The Bertz CT molecular complexity index is 414. The SMILES string of the molecule is CC1CN(c2cccc(Br)c2)CC2(CC2)CN1. The predicted molar refractivity (Wildman–Crippen MR) is 75.5 cm³/mol. The van der Waals surface area contributed by atoms with Gasteiger partial charge in [-0.25, -0.2) is 0 Å². The molecule has 1 atom stereocenters. The average molecular weight is 295 g/mol. The fourth-order valence-electron chi connectivity index (χ4n) is 2.69. The van der Waals surface area contributed by atoms with Crippen LogP contribution in [0.4, 0.5) is 5.69 Å². The Labute approximate surface area is 112 Å². The molecule has 0 amide bonds. The number of benzene rings is 1. The third-order valence-corrected chi connectivity index (χ3v) is 4.47. The fraction of sp³-hybridized carbons (Fsp3) is 0.571. The van der Waals surface area contributed by atoms with Crippen LogP contribution in [0, 0.1) is 5.41 Å². The molecule has 92 valence electrons. The number of rotatable bonds is 1. The Balaban J connectivity index is 1.85. The molecule has 1 spiro atoms. The summed E-state index contributed by atoms with van der Waals surface area (Å²) in [7, 11) is 0. The van der Waals surface area contributed by atoms with Crippen LogP contribution in [0.3, 0.4) is 0 Å². The number of hydrogen-bond donors (Lipinski definition) is 1. The second-order valence-electron chi connectivity index (χ2n) is 5.64. The highest BCUT2D eigenvalue weighted by Gasteiger charge is 2.45. The van der Waals surface area contributed by atoms with E-state index in [0.29, 0.717) is 11.5 Å². The van der Waals surface area contributed by atoms with Gasteiger partial charge in [0.25, 0.3) is 0 Å². The molecule has 17 heavy (non-hydrogen) atoms. The minimum atomic E-state index is 0.563. The summed E-state index contributed by atoms with van der Waals surface area (Å²) in [5.74, 6) is 0. The molecule has 1 aromatic carbocycles. The van der Waals surface area contributed by atoms with Gasteiger partial charge in [-0.1, -0.05) is 22.0 Å². The van der Waals surface area contributed by atoms with Gasteiger partial charge < -0.3 is 10.2 Å². The van der Waals surface area contributed by atoms with Crippen molar-refractivity contribution in [3.8, 4) is 0 Å². The Morgan fingerprint density at radius 1 is 1.41 bits per heavy atom. The van der Waals surface area contributed by atoms with Gasteiger partial charge in [0, 0.05) is 41.3 Å². The van der Waals surface area contributed by atoms with Crippen molar-refractivity contribution in [2.45, 2.75) is 25.8 Å². The highest BCUT2D eigenvalue weighted by molar-refractivity contribution is 9.10. The number of hydrogen-bond acceptors (Lipinski definition) is 2. The van der Waals surface area contributed by atoms with Gasteiger partial charge in [0.2, 0.25) is 0 Å². The highest BCUT2D eigenvalue weighted by Crippen LogP contribution is 2.47. The molecule has 3 heteroatoms. The lowest BCUT2D eigenvalue weighted by Crippen LogP contribution is -2.35. The van der Waals surface area contributed by atoms with Crippen LogP contribution >= 0.6 is 15.9 Å². The standard InChI is InChI=1S/C14H19BrN2/c1-11-8-17(10-14(5-6-14)9-16-11)13-4-2-3-12(15)7-13/h2-4,7,11,16H,5-6,8-10H2,1H3. The molecule has 0 bridgehead atoms. The van der Waals surface area contributed by atoms with Crippen LogP contribution in [0.25, 0.3) is 0 Å². The lowest BCUT2D eigenvalue weighted by atomic mass is 10.1. The Kier molecular flexibility index (Phi) is 2.91. The molecule has 2 nitrogen and oxygen atoms in total. The van der Waals surface area contributed by atoms with Crippen LogP contribution in [0.15, 0.2) is 28.7 Å². The maximum Gasteiger partial charge on any atom is 0.0378 e. The summed E-state index contributed by atoms with van der Waals surface area (Å²) in [6, 6.07) is 9.25. The van der Waals surface area contributed by atoms with E-state index in [1.165, 1.54) is 36.1 Å². The molecule has 1 aromatic rings. The first-order valence-electron chi connectivity index (χ1n) is 6.41. The normalized spacial score (nSPS) is 26.9. The molecule has 3 rings (SSSR count). The zero-order valence-corrected chi connectivity index (χ0v) is 11.8. The molecule has 1 saturated carbocycles. The molecule has 1 aliphatic heterocycles. The van der Waals surface area contributed by atoms with Gasteiger partial charge in [-0.2, -0.15) is 0 Å². The topological polar surface area (TPSA) is 15.3 Å². The predicted octanol–water partition coefficient (Wildman–Crippen LogP) is 3.03. The zero-order chi connectivity index (χ0) is 11.9. The highest BCUT2D eigenvalue weighted by atomic mass is 79.9. The van der Waals surface area contributed by atoms with Gasteiger partial charge in [0.05, 0.1) is 0 Å². The van der Waals surface area contributed by atoms with Crippen LogP contribution in [-0.2, 0) is 0 Å². The maximum atomic E-state index is 3.66. The summed E-state index contributed by atoms with van der Waals surface area (Å²) in [6.07, 6.45) is 2.77. The van der Waals surface area contributed by atoms with Crippen LogP contribution in [0.2, 0.25) is 0 Å². The van der Waals surface area contributed by atoms with Crippen LogP contribution in [0.1, 0.15) is 19.8 Å². The van der Waals surface area contributed by atoms with E-state index in [2.05, 4.69) is 57.3 Å². The third-order valence-electron chi connectivity index (χ3n) is 3.98. The van der Waals surface area contributed by atoms with E-state index >= 15 is 0 Å². The van der Waals surface area contributed by atoms with E-state index < -0.39 is 0 Å². The summed E-state index contributed by atoms with van der Waals surface area (Å²) in [4.78, 5) is 2.54. The molecule has 2 fully saturated rings. The van der Waals surface area contributed by atoms with Gasteiger partial charge in [0.15, 0.2) is 0 Å². The maximum absolute atomic E-state index is 3.66. The molecule has 1 heterocycles. The lowest BCUT2D eigenvalue weighted by Gasteiger charge is -2.27. The first-order chi connectivity index (χ1) is 8.17. The molecule has 1 saturated heterocycles. The van der Waals surface area contributed by atoms with Crippen molar-refractivity contribution in [3.05, 3.63) is 28.7 Å². The smallest absolute Gasteiger partial charge is 0.0378 e. The average Bonchev–Trinajstić information content (AvgIpc) is 3.08. The van der Waals surface area contributed by atoms with Crippen LogP contribution in [-0.4, -0.2) is 25.7 Å². The van der Waals surface area contributed by atoms with Gasteiger partial charge in [-0.05, 0) is 38.0 Å². The number of nitrogens with one attached hydrogen (secondary N) is 1. The van der Waals surface area contributed by atoms with Crippen LogP contribution in [0.5, 0.6) is 0 Å². The summed E-state index contributed by atoms with van der Waals surface area (Å²) < 4.78 is 1.17. The largest absolute Gasteiger partial charge is 0.369 e. The van der Waals surface area contributed by atoms with Crippen molar-refractivity contribution in [1.82, 2.24) is 5.32 Å². The summed E-state index contributed by atoms with van der Waals surface area (Å²) in [6.45, 7) is 5.80. The van der Waals surface area contributed by atoms with Gasteiger partial charge in [-0.3, -0.25) is 0 Å².